The van der Waals surface area contributed by atoms with Crippen LogP contribution in [0.1, 0.15) is 17.7 Å². The molecule has 0 fully saturated rings. The van der Waals surface area contributed by atoms with Gasteiger partial charge in [-0.3, -0.25) is 5.10 Å². The summed E-state index contributed by atoms with van der Waals surface area (Å²) in [7, 11) is 0. The van der Waals surface area contributed by atoms with Gasteiger partial charge < -0.3 is 11.1 Å². The standard InChI is InChI=1S/C12H12Br2N6/c13-7-4-10(11(14)18-6-7)17-3-1-2-9-8(5-15)12(16)20-19-9/h4,6,17H,1-3H2,(H3,16,19,20). The highest BCUT2D eigenvalue weighted by atomic mass is 79.9. The molecule has 2 rings (SSSR count). The first-order valence-corrected chi connectivity index (χ1v) is 7.48. The zero-order valence-corrected chi connectivity index (χ0v) is 13.6. The van der Waals surface area contributed by atoms with E-state index in [2.05, 4.69) is 58.4 Å². The molecule has 0 aliphatic heterocycles. The highest BCUT2D eigenvalue weighted by Crippen LogP contribution is 2.23. The third-order valence-corrected chi connectivity index (χ3v) is 3.77. The third kappa shape index (κ3) is 3.49. The van der Waals surface area contributed by atoms with Crippen LogP contribution in [0.2, 0.25) is 0 Å². The van der Waals surface area contributed by atoms with E-state index in [4.69, 9.17) is 11.0 Å². The molecule has 20 heavy (non-hydrogen) atoms. The third-order valence-electron chi connectivity index (χ3n) is 2.71. The number of nitriles is 1. The molecule has 0 atom stereocenters. The zero-order chi connectivity index (χ0) is 14.5. The molecule has 0 aliphatic rings. The molecule has 0 radical (unpaired) electrons. The van der Waals surface area contributed by atoms with Gasteiger partial charge in [-0.2, -0.15) is 10.4 Å². The van der Waals surface area contributed by atoms with Gasteiger partial charge in [0, 0.05) is 17.2 Å². The van der Waals surface area contributed by atoms with E-state index in [0.29, 0.717) is 12.0 Å². The predicted molar refractivity (Wildman–Crippen MR) is 84.2 cm³/mol. The Morgan fingerprint density at radius 2 is 2.25 bits per heavy atom. The van der Waals surface area contributed by atoms with Gasteiger partial charge in [0.2, 0.25) is 0 Å². The maximum Gasteiger partial charge on any atom is 0.163 e. The molecule has 0 aliphatic carbocycles. The normalized spacial score (nSPS) is 10.2. The van der Waals surface area contributed by atoms with Gasteiger partial charge in [-0.05, 0) is 50.8 Å². The first kappa shape index (κ1) is 14.8. The Kier molecular flexibility index (Phi) is 4.98. The average Bonchev–Trinajstić information content (AvgIpc) is 2.79. The molecule has 2 heterocycles. The fourth-order valence-electron chi connectivity index (χ4n) is 1.73. The molecule has 6 nitrogen and oxygen atoms in total. The number of nitrogens with zero attached hydrogens (tertiary/aromatic N) is 3. The summed E-state index contributed by atoms with van der Waals surface area (Å²) in [6.45, 7) is 0.751. The summed E-state index contributed by atoms with van der Waals surface area (Å²) in [6, 6.07) is 4.01. The van der Waals surface area contributed by atoms with E-state index in [1.54, 1.807) is 6.20 Å². The second-order valence-electron chi connectivity index (χ2n) is 4.10. The molecule has 4 N–H and O–H groups in total. The molecular weight excluding hydrogens is 388 g/mol. The summed E-state index contributed by atoms with van der Waals surface area (Å²) in [5.41, 5.74) is 7.72. The first-order valence-electron chi connectivity index (χ1n) is 5.89. The number of nitrogens with two attached hydrogens (primary N) is 1. The number of rotatable bonds is 5. The minimum absolute atomic E-state index is 0.259. The Labute approximate surface area is 133 Å². The van der Waals surface area contributed by atoms with E-state index in [0.717, 1.165) is 33.4 Å². The number of pyridine rings is 1. The van der Waals surface area contributed by atoms with Crippen molar-refractivity contribution in [1.82, 2.24) is 15.2 Å². The minimum atomic E-state index is 0.259. The lowest BCUT2D eigenvalue weighted by atomic mass is 10.1. The molecule has 0 unspecified atom stereocenters. The van der Waals surface area contributed by atoms with Crippen molar-refractivity contribution in [2.75, 3.05) is 17.6 Å². The van der Waals surface area contributed by atoms with Gasteiger partial charge >= 0.3 is 0 Å². The lowest BCUT2D eigenvalue weighted by Crippen LogP contribution is -2.05. The molecule has 0 amide bonds. The molecule has 2 aromatic heterocycles. The number of anilines is 2. The van der Waals surface area contributed by atoms with Crippen molar-refractivity contribution in [3.63, 3.8) is 0 Å². The van der Waals surface area contributed by atoms with E-state index in [1.807, 2.05) is 6.07 Å². The maximum absolute atomic E-state index is 8.96. The Hall–Kier alpha value is -1.59. The number of halogens is 2. The van der Waals surface area contributed by atoms with Crippen LogP contribution >= 0.6 is 31.9 Å². The van der Waals surface area contributed by atoms with Gasteiger partial charge in [-0.1, -0.05) is 0 Å². The van der Waals surface area contributed by atoms with E-state index < -0.39 is 0 Å². The van der Waals surface area contributed by atoms with Crippen molar-refractivity contribution in [3.8, 4) is 6.07 Å². The van der Waals surface area contributed by atoms with E-state index in [9.17, 15) is 0 Å². The van der Waals surface area contributed by atoms with Gasteiger partial charge in [0.1, 0.15) is 16.2 Å². The maximum atomic E-state index is 8.96. The van der Waals surface area contributed by atoms with Crippen LogP contribution in [0, 0.1) is 11.3 Å². The van der Waals surface area contributed by atoms with Crippen molar-refractivity contribution in [2.45, 2.75) is 12.8 Å². The Morgan fingerprint density at radius 1 is 1.45 bits per heavy atom. The van der Waals surface area contributed by atoms with Gasteiger partial charge in [-0.15, -0.1) is 0 Å². The van der Waals surface area contributed by atoms with Crippen molar-refractivity contribution >= 4 is 43.4 Å². The van der Waals surface area contributed by atoms with Crippen molar-refractivity contribution in [1.29, 1.82) is 5.26 Å². The van der Waals surface area contributed by atoms with Crippen LogP contribution in [-0.2, 0) is 6.42 Å². The van der Waals surface area contributed by atoms with E-state index in [-0.39, 0.29) is 5.82 Å². The minimum Gasteiger partial charge on any atom is -0.383 e. The van der Waals surface area contributed by atoms with Gasteiger partial charge in [0.15, 0.2) is 5.82 Å². The monoisotopic (exact) mass is 398 g/mol. The highest BCUT2D eigenvalue weighted by Gasteiger charge is 2.09. The molecule has 0 aromatic carbocycles. The zero-order valence-electron chi connectivity index (χ0n) is 10.5. The summed E-state index contributed by atoms with van der Waals surface area (Å²) in [5, 5.41) is 18.9. The molecular formula is C12H12Br2N6. The number of nitrogens with one attached hydrogen (secondary N) is 2. The number of H-pyrrole nitrogens is 1. The topological polar surface area (TPSA) is 103 Å². The van der Waals surface area contributed by atoms with Crippen LogP contribution in [0.3, 0.4) is 0 Å². The molecule has 0 saturated carbocycles. The lowest BCUT2D eigenvalue weighted by molar-refractivity contribution is 0.824. The quantitative estimate of drug-likeness (QED) is 0.529. The Bertz CT molecular complexity index is 642. The lowest BCUT2D eigenvalue weighted by Gasteiger charge is -2.07. The number of hydrogen-bond acceptors (Lipinski definition) is 5. The summed E-state index contributed by atoms with van der Waals surface area (Å²) < 4.78 is 1.68. The fraction of sp³-hybridized carbons (Fsp3) is 0.250. The van der Waals surface area contributed by atoms with Gasteiger partial charge in [-0.25, -0.2) is 4.98 Å². The molecule has 0 spiro atoms. The number of aromatic nitrogens is 3. The van der Waals surface area contributed by atoms with Crippen molar-refractivity contribution in [2.24, 2.45) is 0 Å². The largest absolute Gasteiger partial charge is 0.383 e. The second-order valence-corrected chi connectivity index (χ2v) is 5.76. The summed E-state index contributed by atoms with van der Waals surface area (Å²) in [6.07, 6.45) is 3.27. The van der Waals surface area contributed by atoms with Crippen molar-refractivity contribution in [3.05, 3.63) is 32.6 Å². The first-order chi connectivity index (χ1) is 9.61. The SMILES string of the molecule is N#Cc1c(N)n[nH]c1CCCNc1cc(Br)cnc1Br. The van der Waals surface area contributed by atoms with E-state index in [1.165, 1.54) is 0 Å². The molecule has 8 heteroatoms. The Balaban J connectivity index is 1.88. The summed E-state index contributed by atoms with van der Waals surface area (Å²) >= 11 is 6.76. The number of aryl methyl sites for hydroxylation is 1. The molecule has 0 saturated heterocycles. The Morgan fingerprint density at radius 3 is 3.00 bits per heavy atom. The molecule has 104 valence electrons. The molecule has 2 aromatic rings. The number of aromatic amines is 1. The van der Waals surface area contributed by atoms with Gasteiger partial charge in [0.25, 0.3) is 0 Å². The van der Waals surface area contributed by atoms with E-state index >= 15 is 0 Å². The van der Waals surface area contributed by atoms with Crippen molar-refractivity contribution < 1.29 is 0 Å². The smallest absolute Gasteiger partial charge is 0.163 e. The van der Waals surface area contributed by atoms with Crippen LogP contribution < -0.4 is 11.1 Å². The second kappa shape index (κ2) is 6.72. The van der Waals surface area contributed by atoms with Crippen LogP contribution in [-0.4, -0.2) is 21.7 Å². The number of hydrogen-bond donors (Lipinski definition) is 3. The fourth-order valence-corrected chi connectivity index (χ4v) is 2.42. The summed E-state index contributed by atoms with van der Waals surface area (Å²) in [5.74, 6) is 0.259. The van der Waals surface area contributed by atoms with Crippen LogP contribution in [0.5, 0.6) is 0 Å². The van der Waals surface area contributed by atoms with Crippen LogP contribution in [0.15, 0.2) is 21.3 Å². The van der Waals surface area contributed by atoms with Crippen LogP contribution in [0.25, 0.3) is 0 Å². The predicted octanol–water partition coefficient (Wildman–Crippen LogP) is 2.83. The van der Waals surface area contributed by atoms with Gasteiger partial charge in [0.05, 0.1) is 11.4 Å². The molecule has 0 bridgehead atoms. The average molecular weight is 400 g/mol. The van der Waals surface area contributed by atoms with Crippen LogP contribution in [0.4, 0.5) is 11.5 Å². The highest BCUT2D eigenvalue weighted by molar-refractivity contribution is 9.11. The number of nitrogen functional groups attached to an aromatic ring is 1. The summed E-state index contributed by atoms with van der Waals surface area (Å²) in [4.78, 5) is 4.18.